The van der Waals surface area contributed by atoms with Gasteiger partial charge in [0.15, 0.2) is 0 Å². The average Bonchev–Trinajstić information content (AvgIpc) is 3.02. The van der Waals surface area contributed by atoms with Crippen LogP contribution in [0.25, 0.3) is 0 Å². The van der Waals surface area contributed by atoms with E-state index in [-0.39, 0.29) is 34.2 Å². The summed E-state index contributed by atoms with van der Waals surface area (Å²) in [5.74, 6) is 0. The van der Waals surface area contributed by atoms with Crippen molar-refractivity contribution in [2.24, 2.45) is 0 Å². The molecule has 2 rings (SSSR count). The molecule has 0 aromatic rings. The molecule has 2 amide bonds. The molecule has 0 saturated carbocycles. The van der Waals surface area contributed by atoms with Gasteiger partial charge in [-0.3, -0.25) is 9.59 Å². The summed E-state index contributed by atoms with van der Waals surface area (Å²) in [5, 5.41) is 26.0. The van der Waals surface area contributed by atoms with E-state index in [1.165, 1.54) is 0 Å². The molecule has 0 spiro atoms. The number of piperidine rings is 2. The molecule has 0 bridgehead atoms. The van der Waals surface area contributed by atoms with Gasteiger partial charge in [0.05, 0.1) is 0 Å². The number of amides is 2. The summed E-state index contributed by atoms with van der Waals surface area (Å²) in [5.41, 5.74) is -1.21. The van der Waals surface area contributed by atoms with Crippen molar-refractivity contribution in [3.8, 4) is 0 Å². The van der Waals surface area contributed by atoms with Crippen LogP contribution in [0.4, 0.5) is 0 Å². The third-order valence-electron chi connectivity index (χ3n) is 12.1. The number of hydrogen-bond acceptors (Lipinski definition) is 6. The zero-order chi connectivity index (χ0) is 30.9. The minimum atomic E-state index is -0.302. The van der Waals surface area contributed by atoms with E-state index in [0.29, 0.717) is 13.1 Å². The molecule has 2 heterocycles. The quantitative estimate of drug-likeness (QED) is 0.134. The van der Waals surface area contributed by atoms with Gasteiger partial charge in [0.1, 0.15) is 0 Å². The van der Waals surface area contributed by atoms with Crippen LogP contribution in [0.2, 0.25) is 0 Å². The molecule has 240 valence electrons. The van der Waals surface area contributed by atoms with E-state index in [1.807, 2.05) is 9.80 Å². The molecule has 8 nitrogen and oxygen atoms in total. The van der Waals surface area contributed by atoms with E-state index in [2.05, 4.69) is 55.4 Å². The van der Waals surface area contributed by atoms with Gasteiger partial charge >= 0.3 is 0 Å². The summed E-state index contributed by atoms with van der Waals surface area (Å²) in [6.07, 6.45) is 14.8. The van der Waals surface area contributed by atoms with Crippen LogP contribution < -0.4 is 0 Å². The smallest absolute Gasteiger partial charge is 0.209 e. The van der Waals surface area contributed by atoms with Crippen molar-refractivity contribution in [2.75, 3.05) is 13.1 Å². The van der Waals surface area contributed by atoms with Crippen molar-refractivity contribution >= 4 is 12.8 Å². The Morgan fingerprint density at radius 1 is 0.537 bits per heavy atom. The Balaban J connectivity index is 2.04. The summed E-state index contributed by atoms with van der Waals surface area (Å²) in [6, 6.07) is 0.247. The summed E-state index contributed by atoms with van der Waals surface area (Å²) in [7, 11) is 0. The Hall–Kier alpha value is -1.22. The number of unbranched alkanes of at least 4 members (excludes halogenated alkanes) is 2. The number of hydrogen-bond donors (Lipinski definition) is 2. The Bertz CT molecular complexity index is 684. The van der Waals surface area contributed by atoms with Crippen LogP contribution in [0.15, 0.2) is 0 Å². The second kappa shape index (κ2) is 15.5. The molecule has 41 heavy (non-hydrogen) atoms. The predicted octanol–water partition coefficient (Wildman–Crippen LogP) is 7.02. The molecule has 2 aliphatic rings. The Morgan fingerprint density at radius 3 is 0.976 bits per heavy atom. The third-order valence-corrected chi connectivity index (χ3v) is 12.1. The minimum Gasteiger partial charge on any atom is -0.342 e. The lowest BCUT2D eigenvalue weighted by Gasteiger charge is -2.57. The first kappa shape index (κ1) is 36.0. The first-order valence-corrected chi connectivity index (χ1v) is 17.0. The van der Waals surface area contributed by atoms with Crippen molar-refractivity contribution in [3.63, 3.8) is 0 Å². The number of hydroxylamine groups is 4. The van der Waals surface area contributed by atoms with Crippen molar-refractivity contribution in [1.29, 1.82) is 0 Å². The third kappa shape index (κ3) is 6.97. The van der Waals surface area contributed by atoms with Crippen LogP contribution >= 0.6 is 0 Å². The lowest BCUT2D eigenvalue weighted by atomic mass is 9.70. The zero-order valence-electron chi connectivity index (χ0n) is 27.8. The molecular weight excluding hydrogens is 516 g/mol. The fraction of sp³-hybridized carbons (Fsp3) is 0.939. The fourth-order valence-electron chi connectivity index (χ4n) is 8.48. The van der Waals surface area contributed by atoms with Crippen LogP contribution in [0, 0.1) is 0 Å². The maximum Gasteiger partial charge on any atom is 0.209 e. The molecule has 0 unspecified atom stereocenters. The number of carbonyl (C=O) groups is 2. The summed E-state index contributed by atoms with van der Waals surface area (Å²) >= 11 is 0. The molecule has 2 saturated heterocycles. The molecule has 0 aliphatic carbocycles. The van der Waals surface area contributed by atoms with Gasteiger partial charge in [-0.05, 0) is 96.3 Å². The van der Waals surface area contributed by atoms with E-state index in [9.17, 15) is 20.0 Å². The van der Waals surface area contributed by atoms with Gasteiger partial charge in [0.2, 0.25) is 12.8 Å². The van der Waals surface area contributed by atoms with E-state index in [4.69, 9.17) is 0 Å². The summed E-state index contributed by atoms with van der Waals surface area (Å²) in [4.78, 5) is 28.6. The van der Waals surface area contributed by atoms with Gasteiger partial charge in [0, 0.05) is 47.3 Å². The fourth-order valence-corrected chi connectivity index (χ4v) is 8.48. The Kier molecular flexibility index (Phi) is 13.6. The summed E-state index contributed by atoms with van der Waals surface area (Å²) in [6.45, 7) is 18.6. The summed E-state index contributed by atoms with van der Waals surface area (Å²) < 4.78 is 0. The number of carbonyl (C=O) groups excluding carboxylic acids is 2. The van der Waals surface area contributed by atoms with Gasteiger partial charge < -0.3 is 20.2 Å². The monoisotopic (exact) mass is 580 g/mol. The van der Waals surface area contributed by atoms with Gasteiger partial charge in [0.25, 0.3) is 0 Å². The molecular formula is C33H64N4O4. The minimum absolute atomic E-state index is 0.123. The van der Waals surface area contributed by atoms with Gasteiger partial charge in [-0.1, -0.05) is 55.4 Å². The highest BCUT2D eigenvalue weighted by Crippen LogP contribution is 2.47. The maximum absolute atomic E-state index is 12.3. The van der Waals surface area contributed by atoms with Crippen molar-refractivity contribution in [2.45, 2.75) is 186 Å². The van der Waals surface area contributed by atoms with E-state index in [0.717, 1.165) is 109 Å². The average molecular weight is 581 g/mol. The Morgan fingerprint density at radius 2 is 0.780 bits per heavy atom. The van der Waals surface area contributed by atoms with Crippen molar-refractivity contribution in [1.82, 2.24) is 19.9 Å². The topological polar surface area (TPSA) is 87.6 Å². The highest BCUT2D eigenvalue weighted by atomic mass is 16.5. The first-order chi connectivity index (χ1) is 19.6. The van der Waals surface area contributed by atoms with Crippen LogP contribution in [-0.4, -0.2) is 90.5 Å². The van der Waals surface area contributed by atoms with E-state index >= 15 is 0 Å². The van der Waals surface area contributed by atoms with Gasteiger partial charge in [-0.25, -0.2) is 0 Å². The first-order valence-electron chi connectivity index (χ1n) is 17.0. The largest absolute Gasteiger partial charge is 0.342 e. The lowest BCUT2D eigenvalue weighted by Crippen LogP contribution is -2.66. The molecule has 2 fully saturated rings. The van der Waals surface area contributed by atoms with E-state index < -0.39 is 0 Å². The van der Waals surface area contributed by atoms with Crippen LogP contribution in [0.5, 0.6) is 0 Å². The van der Waals surface area contributed by atoms with Crippen LogP contribution in [-0.2, 0) is 9.59 Å². The number of rotatable bonds is 18. The van der Waals surface area contributed by atoms with E-state index in [1.54, 1.807) is 10.1 Å². The number of nitrogens with zero attached hydrogens (tertiary/aromatic N) is 4. The second-order valence-electron chi connectivity index (χ2n) is 13.2. The van der Waals surface area contributed by atoms with Gasteiger partial charge in [-0.2, -0.15) is 10.1 Å². The Labute approximate surface area is 251 Å². The van der Waals surface area contributed by atoms with Crippen LogP contribution in [0.3, 0.4) is 0 Å². The maximum atomic E-state index is 12.3. The molecule has 0 radical (unpaired) electrons. The second-order valence-corrected chi connectivity index (χ2v) is 13.2. The molecule has 0 aromatic heterocycles. The normalized spacial score (nSPS) is 22.9. The standard InChI is InChI=1S/C33H64N4O4/c1-9-30(10-2)22-28(23-31(11-3,12-4)36(30)40)34(26-38)20-18-17-19-21-35(27-39)29-24-32(13-5,14-6)37(41)33(15-7,16-8)25-29/h26-29,40-41H,9-25H2,1-8H3. The van der Waals surface area contributed by atoms with Crippen LogP contribution in [0.1, 0.15) is 152 Å². The van der Waals surface area contributed by atoms with Gasteiger partial charge in [-0.15, -0.1) is 0 Å². The molecule has 2 aliphatic heterocycles. The lowest BCUT2D eigenvalue weighted by molar-refractivity contribution is -0.275. The molecule has 0 aromatic carbocycles. The highest BCUT2D eigenvalue weighted by Gasteiger charge is 2.53. The zero-order valence-corrected chi connectivity index (χ0v) is 27.8. The highest BCUT2D eigenvalue weighted by molar-refractivity contribution is 5.48. The van der Waals surface area contributed by atoms with Crippen molar-refractivity contribution in [3.05, 3.63) is 0 Å². The molecule has 8 heteroatoms. The van der Waals surface area contributed by atoms with Crippen molar-refractivity contribution < 1.29 is 20.0 Å². The predicted molar refractivity (Wildman–Crippen MR) is 166 cm³/mol. The molecule has 2 N–H and O–H groups in total. The molecule has 0 atom stereocenters. The SMILES string of the molecule is CCC1(CC)CC(N(C=O)CCCCCN(C=O)C2CC(CC)(CC)N(O)C(CC)(CC)C2)CC(CC)(CC)N1O.